The van der Waals surface area contributed by atoms with Crippen molar-refractivity contribution >= 4 is 29.2 Å². The van der Waals surface area contributed by atoms with Crippen molar-refractivity contribution in [1.29, 1.82) is 0 Å². The molecule has 1 amide bonds. The van der Waals surface area contributed by atoms with Gasteiger partial charge in [-0.2, -0.15) is 0 Å². The van der Waals surface area contributed by atoms with Crippen molar-refractivity contribution in [2.45, 2.75) is 0 Å². The highest BCUT2D eigenvalue weighted by Gasteiger charge is 2.17. The number of amides is 1. The summed E-state index contributed by atoms with van der Waals surface area (Å²) in [5.41, 5.74) is -0.173. The zero-order chi connectivity index (χ0) is 16.3. The van der Waals surface area contributed by atoms with Crippen LogP contribution in [0.1, 0.15) is 20.7 Å². The number of rotatable bonds is 4. The SMILES string of the molecule is COc1cc(NC(=O)c2ccccc2F)c(Cl)cc1C(=O)O. The highest BCUT2D eigenvalue weighted by molar-refractivity contribution is 6.34. The molecule has 2 aromatic rings. The number of benzene rings is 2. The Morgan fingerprint density at radius 1 is 1.23 bits per heavy atom. The lowest BCUT2D eigenvalue weighted by atomic mass is 10.1. The van der Waals surface area contributed by atoms with E-state index in [1.165, 1.54) is 31.4 Å². The van der Waals surface area contributed by atoms with Crippen molar-refractivity contribution in [3.63, 3.8) is 0 Å². The topological polar surface area (TPSA) is 75.6 Å². The highest BCUT2D eigenvalue weighted by atomic mass is 35.5. The van der Waals surface area contributed by atoms with Gasteiger partial charge in [0.25, 0.3) is 5.91 Å². The van der Waals surface area contributed by atoms with E-state index < -0.39 is 17.7 Å². The van der Waals surface area contributed by atoms with E-state index in [9.17, 15) is 14.0 Å². The minimum Gasteiger partial charge on any atom is -0.496 e. The molecule has 22 heavy (non-hydrogen) atoms. The summed E-state index contributed by atoms with van der Waals surface area (Å²) in [6.07, 6.45) is 0. The van der Waals surface area contributed by atoms with Crippen LogP contribution in [0, 0.1) is 5.82 Å². The first kappa shape index (κ1) is 15.8. The highest BCUT2D eigenvalue weighted by Crippen LogP contribution is 2.31. The maximum Gasteiger partial charge on any atom is 0.339 e. The number of nitrogens with one attached hydrogen (secondary N) is 1. The Hall–Kier alpha value is -2.60. The number of carbonyl (C=O) groups is 2. The van der Waals surface area contributed by atoms with Crippen LogP contribution >= 0.6 is 11.6 Å². The summed E-state index contributed by atoms with van der Waals surface area (Å²) in [6.45, 7) is 0. The molecule has 0 radical (unpaired) electrons. The molecule has 0 aromatic heterocycles. The van der Waals surface area contributed by atoms with E-state index >= 15 is 0 Å². The number of ether oxygens (including phenoxy) is 1. The first-order chi connectivity index (χ1) is 10.4. The summed E-state index contributed by atoms with van der Waals surface area (Å²) in [5.74, 6) is -2.57. The van der Waals surface area contributed by atoms with Crippen molar-refractivity contribution in [2.24, 2.45) is 0 Å². The third kappa shape index (κ3) is 3.17. The van der Waals surface area contributed by atoms with E-state index in [0.717, 1.165) is 12.1 Å². The Labute approximate surface area is 130 Å². The van der Waals surface area contributed by atoms with Crippen molar-refractivity contribution in [3.8, 4) is 5.75 Å². The van der Waals surface area contributed by atoms with Crippen molar-refractivity contribution in [3.05, 3.63) is 58.4 Å². The van der Waals surface area contributed by atoms with Gasteiger partial charge in [-0.25, -0.2) is 9.18 Å². The van der Waals surface area contributed by atoms with Gasteiger partial charge >= 0.3 is 5.97 Å². The molecule has 0 spiro atoms. The summed E-state index contributed by atoms with van der Waals surface area (Å²) in [4.78, 5) is 23.1. The average Bonchev–Trinajstić information content (AvgIpc) is 2.49. The van der Waals surface area contributed by atoms with Crippen LogP contribution in [0.5, 0.6) is 5.75 Å². The molecule has 5 nitrogen and oxygen atoms in total. The fraction of sp³-hybridized carbons (Fsp3) is 0.0667. The molecule has 0 bridgehead atoms. The second kappa shape index (κ2) is 6.44. The molecule has 2 N–H and O–H groups in total. The smallest absolute Gasteiger partial charge is 0.339 e. The molecule has 0 aliphatic carbocycles. The van der Waals surface area contributed by atoms with Crippen LogP contribution < -0.4 is 10.1 Å². The predicted octanol–water partition coefficient (Wildman–Crippen LogP) is 3.44. The first-order valence-corrected chi connectivity index (χ1v) is 6.48. The van der Waals surface area contributed by atoms with Gasteiger partial charge in [-0.3, -0.25) is 4.79 Å². The van der Waals surface area contributed by atoms with Gasteiger partial charge < -0.3 is 15.2 Å². The molecule has 2 rings (SSSR count). The Morgan fingerprint density at radius 2 is 1.91 bits per heavy atom. The Balaban J connectivity index is 2.36. The Bertz CT molecular complexity index is 748. The first-order valence-electron chi connectivity index (χ1n) is 6.10. The standard InChI is InChI=1S/C15H11ClFNO4/c1-22-13-7-12(10(16)6-9(13)15(20)21)18-14(19)8-4-2-3-5-11(8)17/h2-7H,1H3,(H,18,19)(H,20,21). The molecule has 0 aliphatic rings. The van der Waals surface area contributed by atoms with E-state index in [-0.39, 0.29) is 27.6 Å². The third-order valence-electron chi connectivity index (χ3n) is 2.89. The summed E-state index contributed by atoms with van der Waals surface area (Å²) in [6, 6.07) is 7.88. The number of anilines is 1. The molecular formula is C15H11ClFNO4. The van der Waals surface area contributed by atoms with Gasteiger partial charge in [0.05, 0.1) is 23.4 Å². The average molecular weight is 324 g/mol. The van der Waals surface area contributed by atoms with E-state index in [2.05, 4.69) is 5.32 Å². The van der Waals surface area contributed by atoms with Crippen LogP contribution in [0.4, 0.5) is 10.1 Å². The van der Waals surface area contributed by atoms with Gasteiger partial charge in [0, 0.05) is 6.07 Å². The zero-order valence-corrected chi connectivity index (χ0v) is 12.1. The van der Waals surface area contributed by atoms with Crippen LogP contribution in [-0.4, -0.2) is 24.1 Å². The summed E-state index contributed by atoms with van der Waals surface area (Å²) >= 11 is 5.95. The predicted molar refractivity (Wildman–Crippen MR) is 79.3 cm³/mol. The molecule has 0 atom stereocenters. The lowest BCUT2D eigenvalue weighted by Gasteiger charge is -2.12. The lowest BCUT2D eigenvalue weighted by Crippen LogP contribution is -2.14. The molecule has 0 aliphatic heterocycles. The minimum absolute atomic E-state index is 0.00268. The van der Waals surface area contributed by atoms with E-state index in [1.807, 2.05) is 0 Å². The normalized spacial score (nSPS) is 10.1. The number of aromatic carboxylic acids is 1. The summed E-state index contributed by atoms with van der Waals surface area (Å²) < 4.78 is 18.5. The Morgan fingerprint density at radius 3 is 2.50 bits per heavy atom. The van der Waals surface area contributed by atoms with Crippen molar-refractivity contribution in [1.82, 2.24) is 0 Å². The van der Waals surface area contributed by atoms with Gasteiger partial charge in [-0.15, -0.1) is 0 Å². The van der Waals surface area contributed by atoms with Crippen LogP contribution in [0.3, 0.4) is 0 Å². The molecule has 0 fully saturated rings. The van der Waals surface area contributed by atoms with Gasteiger partial charge in [0.2, 0.25) is 0 Å². The molecule has 7 heteroatoms. The van der Waals surface area contributed by atoms with Crippen LogP contribution in [-0.2, 0) is 0 Å². The van der Waals surface area contributed by atoms with Gasteiger partial charge in [-0.05, 0) is 18.2 Å². The van der Waals surface area contributed by atoms with Gasteiger partial charge in [0.1, 0.15) is 17.1 Å². The quantitative estimate of drug-likeness (QED) is 0.903. The van der Waals surface area contributed by atoms with Crippen LogP contribution in [0.25, 0.3) is 0 Å². The maximum atomic E-state index is 13.6. The lowest BCUT2D eigenvalue weighted by molar-refractivity contribution is 0.0693. The number of hydrogen-bond donors (Lipinski definition) is 2. The molecule has 114 valence electrons. The van der Waals surface area contributed by atoms with Crippen LogP contribution in [0.2, 0.25) is 5.02 Å². The second-order valence-electron chi connectivity index (χ2n) is 4.27. The molecular weight excluding hydrogens is 313 g/mol. The third-order valence-corrected chi connectivity index (χ3v) is 3.20. The van der Waals surface area contributed by atoms with E-state index in [1.54, 1.807) is 0 Å². The monoisotopic (exact) mass is 323 g/mol. The fourth-order valence-corrected chi connectivity index (χ4v) is 2.03. The van der Waals surface area contributed by atoms with Crippen molar-refractivity contribution in [2.75, 3.05) is 12.4 Å². The summed E-state index contributed by atoms with van der Waals surface area (Å²) in [5, 5.41) is 11.5. The second-order valence-corrected chi connectivity index (χ2v) is 4.68. The largest absolute Gasteiger partial charge is 0.496 e. The number of hydrogen-bond acceptors (Lipinski definition) is 3. The fourth-order valence-electron chi connectivity index (χ4n) is 1.82. The molecule has 0 heterocycles. The zero-order valence-electron chi connectivity index (χ0n) is 11.4. The molecule has 0 saturated heterocycles. The number of halogens is 2. The summed E-state index contributed by atoms with van der Waals surface area (Å²) in [7, 11) is 1.29. The van der Waals surface area contributed by atoms with E-state index in [4.69, 9.17) is 21.4 Å². The van der Waals surface area contributed by atoms with Gasteiger partial charge in [0.15, 0.2) is 0 Å². The molecule has 2 aromatic carbocycles. The minimum atomic E-state index is -1.22. The molecule has 0 unspecified atom stereocenters. The Kier molecular flexibility index (Phi) is 4.62. The number of carboxylic acid groups (broad SMARTS) is 1. The number of carboxylic acids is 1. The molecule has 0 saturated carbocycles. The number of methoxy groups -OCH3 is 1. The van der Waals surface area contributed by atoms with Crippen molar-refractivity contribution < 1.29 is 23.8 Å². The number of carbonyl (C=O) groups excluding carboxylic acids is 1. The van der Waals surface area contributed by atoms with Crippen LogP contribution in [0.15, 0.2) is 36.4 Å². The maximum absolute atomic E-state index is 13.6. The van der Waals surface area contributed by atoms with Gasteiger partial charge in [-0.1, -0.05) is 23.7 Å². The van der Waals surface area contributed by atoms with E-state index in [0.29, 0.717) is 0 Å².